The molecule has 0 aliphatic carbocycles. The summed E-state index contributed by atoms with van der Waals surface area (Å²) in [7, 11) is -4.56. The van der Waals surface area contributed by atoms with Gasteiger partial charge in [-0.3, -0.25) is 14.9 Å². The first-order valence-corrected chi connectivity index (χ1v) is 22.8. The highest BCUT2D eigenvalue weighted by atomic mass is 32.2. The van der Waals surface area contributed by atoms with E-state index < -0.39 is 31.4 Å². The Morgan fingerprint density at radius 2 is 1.68 bits per heavy atom. The largest absolute Gasteiger partial charge is 0.455 e. The maximum atomic E-state index is 13.9. The van der Waals surface area contributed by atoms with E-state index in [4.69, 9.17) is 9.47 Å². The molecule has 62 heavy (non-hydrogen) atoms. The van der Waals surface area contributed by atoms with E-state index in [1.807, 2.05) is 6.07 Å². The number of nitro benzene ring substituents is 1. The number of sulfonamides is 1. The minimum Gasteiger partial charge on any atom is -0.455 e. The highest BCUT2D eigenvalue weighted by Gasteiger charge is 2.31. The van der Waals surface area contributed by atoms with Gasteiger partial charge in [0, 0.05) is 49.6 Å². The summed E-state index contributed by atoms with van der Waals surface area (Å²) in [4.78, 5) is 34.9. The zero-order valence-electron chi connectivity index (χ0n) is 34.2. The number of ether oxygens (including phenoxy) is 2. The van der Waals surface area contributed by atoms with Gasteiger partial charge < -0.3 is 30.0 Å². The summed E-state index contributed by atoms with van der Waals surface area (Å²) in [6, 6.07) is 29.7. The summed E-state index contributed by atoms with van der Waals surface area (Å²) < 4.78 is 41.2. The van der Waals surface area contributed by atoms with Crippen LogP contribution in [0.2, 0.25) is 0 Å². The van der Waals surface area contributed by atoms with E-state index in [0.29, 0.717) is 37.1 Å². The lowest BCUT2D eigenvalue weighted by molar-refractivity contribution is -0.384. The SMILES string of the molecule is O=C(NS(=O)(=O)c1ccc(NCC2CCOCC2)c([N+](=O)[O-])c1)c1ccc(-c2ccc(N3CCCC3c3ccccc3C3CCNCC3)cc2)cc1Oc1cnc2[nH]ccc2c1. The van der Waals surface area contributed by atoms with Gasteiger partial charge in [-0.2, -0.15) is 0 Å². The Balaban J connectivity index is 0.975. The van der Waals surface area contributed by atoms with Crippen molar-refractivity contribution in [3.63, 3.8) is 0 Å². The lowest BCUT2D eigenvalue weighted by Gasteiger charge is -2.32. The maximum absolute atomic E-state index is 13.9. The maximum Gasteiger partial charge on any atom is 0.293 e. The van der Waals surface area contributed by atoms with E-state index in [2.05, 4.69) is 78.8 Å². The van der Waals surface area contributed by atoms with Crippen molar-refractivity contribution < 1.29 is 27.6 Å². The van der Waals surface area contributed by atoms with Crippen LogP contribution >= 0.6 is 0 Å². The van der Waals surface area contributed by atoms with Gasteiger partial charge in [-0.25, -0.2) is 18.1 Å². The molecular weight excluding hydrogens is 807 g/mol. The van der Waals surface area contributed by atoms with Gasteiger partial charge in [0.1, 0.15) is 22.8 Å². The summed E-state index contributed by atoms with van der Waals surface area (Å²) in [5.41, 5.74) is 6.01. The molecular formula is C47H49N7O7S. The van der Waals surface area contributed by atoms with E-state index >= 15 is 0 Å². The number of H-pyrrole nitrogens is 1. The Bertz CT molecular complexity index is 2690. The predicted molar refractivity (Wildman–Crippen MR) is 238 cm³/mol. The van der Waals surface area contributed by atoms with Crippen LogP contribution in [0.4, 0.5) is 17.1 Å². The fourth-order valence-corrected chi connectivity index (χ4v) is 10.0. The van der Waals surface area contributed by atoms with Gasteiger partial charge in [0.05, 0.1) is 27.6 Å². The highest BCUT2D eigenvalue weighted by molar-refractivity contribution is 7.90. The Hall–Kier alpha value is -6.29. The molecule has 1 unspecified atom stereocenters. The van der Waals surface area contributed by atoms with Crippen molar-refractivity contribution in [1.82, 2.24) is 20.0 Å². The summed E-state index contributed by atoms with van der Waals surface area (Å²) in [6.07, 6.45) is 9.40. The number of pyridine rings is 1. The zero-order chi connectivity index (χ0) is 42.6. The van der Waals surface area contributed by atoms with Gasteiger partial charge in [-0.15, -0.1) is 0 Å². The first-order valence-electron chi connectivity index (χ1n) is 21.3. The molecule has 3 saturated heterocycles. The number of nitrogens with zero attached hydrogens (tertiary/aromatic N) is 3. The Kier molecular flexibility index (Phi) is 11.9. The number of amides is 1. The second-order valence-electron chi connectivity index (χ2n) is 16.3. The molecule has 14 nitrogen and oxygen atoms in total. The van der Waals surface area contributed by atoms with Crippen molar-refractivity contribution in [2.24, 2.45) is 5.92 Å². The Morgan fingerprint density at radius 1 is 0.903 bits per heavy atom. The Morgan fingerprint density at radius 3 is 2.47 bits per heavy atom. The lowest BCUT2D eigenvalue weighted by Crippen LogP contribution is -2.31. The van der Waals surface area contributed by atoms with Crippen molar-refractivity contribution >= 4 is 44.0 Å². The van der Waals surface area contributed by atoms with E-state index in [-0.39, 0.29) is 29.0 Å². The molecule has 3 aliphatic heterocycles. The molecule has 1 atom stereocenters. The first-order chi connectivity index (χ1) is 30.2. The van der Waals surface area contributed by atoms with Crippen LogP contribution in [-0.4, -0.2) is 68.6 Å². The third-order valence-corrected chi connectivity index (χ3v) is 13.7. The molecule has 3 aliphatic rings. The number of piperidine rings is 1. The summed E-state index contributed by atoms with van der Waals surface area (Å²) in [6.45, 7) is 4.78. The first kappa shape index (κ1) is 41.1. The number of anilines is 2. The Labute approximate surface area is 360 Å². The molecule has 15 heteroatoms. The van der Waals surface area contributed by atoms with Crippen molar-refractivity contribution in [1.29, 1.82) is 0 Å². The highest BCUT2D eigenvalue weighted by Crippen LogP contribution is 2.42. The quantitative estimate of drug-likeness (QED) is 0.0645. The minimum absolute atomic E-state index is 0.0559. The molecule has 4 N–H and O–H groups in total. The van der Waals surface area contributed by atoms with Crippen molar-refractivity contribution in [3.05, 3.63) is 136 Å². The standard InChI is InChI=1S/C47H49N7O7S/c55-47(52-62(58,59)38-12-14-42(44(28-38)54(56)57)50-29-31-18-24-60-25-19-31)41-13-9-34(27-45(41)61-37-26-35-17-22-49-46(35)51-30-37)32-7-10-36(11-8-32)53-23-3-6-43(53)40-5-2-1-4-39(40)33-15-20-48-21-16-33/h1-2,4-5,7-14,17,22,26-28,30-31,33,43,48,50H,3,6,15-16,18-21,23-25,29H2,(H,49,51)(H,52,55). The number of aromatic nitrogens is 2. The molecule has 6 aromatic rings. The molecule has 320 valence electrons. The predicted octanol–water partition coefficient (Wildman–Crippen LogP) is 8.70. The van der Waals surface area contributed by atoms with Gasteiger partial charge in [-0.05, 0) is 134 Å². The van der Waals surface area contributed by atoms with Crippen LogP contribution in [0.15, 0.2) is 114 Å². The smallest absolute Gasteiger partial charge is 0.293 e. The number of carbonyl (C=O) groups excluding carboxylic acids is 1. The fraction of sp³-hybridized carbons (Fsp3) is 0.319. The van der Waals surface area contributed by atoms with Gasteiger partial charge in [0.2, 0.25) is 0 Å². The van der Waals surface area contributed by atoms with Crippen molar-refractivity contribution in [3.8, 4) is 22.6 Å². The number of hydrogen-bond donors (Lipinski definition) is 4. The normalized spacial score (nSPS) is 17.5. The number of hydrogen-bond acceptors (Lipinski definition) is 11. The molecule has 9 rings (SSSR count). The molecule has 5 heterocycles. The van der Waals surface area contributed by atoms with E-state index in [1.54, 1.807) is 24.4 Å². The minimum atomic E-state index is -4.56. The number of carbonyl (C=O) groups is 1. The lowest BCUT2D eigenvalue weighted by atomic mass is 9.84. The van der Waals surface area contributed by atoms with Crippen LogP contribution in [0, 0.1) is 16.0 Å². The van der Waals surface area contributed by atoms with Gasteiger partial charge in [-0.1, -0.05) is 42.5 Å². The van der Waals surface area contributed by atoms with E-state index in [0.717, 1.165) is 86.4 Å². The molecule has 2 aromatic heterocycles. The topological polar surface area (TPSA) is 181 Å². The number of nitrogens with one attached hydrogen (secondary N) is 4. The summed E-state index contributed by atoms with van der Waals surface area (Å²) >= 11 is 0. The van der Waals surface area contributed by atoms with Gasteiger partial charge >= 0.3 is 0 Å². The monoisotopic (exact) mass is 855 g/mol. The third kappa shape index (κ3) is 8.87. The van der Waals surface area contributed by atoms with Gasteiger partial charge in [0.25, 0.3) is 21.6 Å². The second kappa shape index (κ2) is 18.0. The number of aromatic amines is 1. The molecule has 0 bridgehead atoms. The fourth-order valence-electron chi connectivity index (χ4n) is 9.06. The van der Waals surface area contributed by atoms with Crippen LogP contribution in [-0.2, 0) is 14.8 Å². The van der Waals surface area contributed by atoms with Crippen molar-refractivity contribution in [2.75, 3.05) is 49.6 Å². The van der Waals surface area contributed by atoms with Crippen LogP contribution in [0.3, 0.4) is 0 Å². The molecule has 4 aromatic carbocycles. The molecule has 0 saturated carbocycles. The van der Waals surface area contributed by atoms with Gasteiger partial charge in [0.15, 0.2) is 0 Å². The summed E-state index contributed by atoms with van der Waals surface area (Å²) in [5.74, 6) is 0.304. The number of fused-ring (bicyclic) bond motifs is 1. The molecule has 0 radical (unpaired) electrons. The van der Waals surface area contributed by atoms with Crippen LogP contribution in [0.1, 0.15) is 72.0 Å². The van der Waals surface area contributed by atoms with E-state index in [1.165, 1.54) is 35.5 Å². The molecule has 3 fully saturated rings. The van der Waals surface area contributed by atoms with Crippen molar-refractivity contribution in [2.45, 2.75) is 55.4 Å². The number of nitro groups is 1. The third-order valence-electron chi connectivity index (χ3n) is 12.4. The molecule has 1 amide bonds. The van der Waals surface area contributed by atoms with E-state index in [9.17, 15) is 23.3 Å². The summed E-state index contributed by atoms with van der Waals surface area (Å²) in [5, 5.41) is 19.5. The molecule has 0 spiro atoms. The second-order valence-corrected chi connectivity index (χ2v) is 17.9. The average Bonchev–Trinajstić information content (AvgIpc) is 3.99. The van der Waals surface area contributed by atoms with Crippen LogP contribution < -0.4 is 25.0 Å². The average molecular weight is 856 g/mol. The number of benzene rings is 4. The number of rotatable bonds is 13. The van der Waals surface area contributed by atoms with Crippen LogP contribution in [0.5, 0.6) is 11.5 Å². The zero-order valence-corrected chi connectivity index (χ0v) is 35.0. The van der Waals surface area contributed by atoms with Crippen LogP contribution in [0.25, 0.3) is 22.2 Å².